The molecule has 0 saturated carbocycles. The van der Waals surface area contributed by atoms with Gasteiger partial charge in [-0.1, -0.05) is 17.3 Å². The lowest BCUT2D eigenvalue weighted by Crippen LogP contribution is -2.30. The maximum absolute atomic E-state index is 12.2. The average Bonchev–Trinajstić information content (AvgIpc) is 3.25. The Morgan fingerprint density at radius 2 is 1.74 bits per heavy atom. The minimum Gasteiger partial charge on any atom is -0.497 e. The van der Waals surface area contributed by atoms with Gasteiger partial charge in [-0.3, -0.25) is 9.59 Å². The molecule has 3 aromatic rings. The predicted octanol–water partition coefficient (Wildman–Crippen LogP) is 1.97. The van der Waals surface area contributed by atoms with Crippen molar-refractivity contribution in [3.63, 3.8) is 0 Å². The topological polar surface area (TPSA) is 138 Å². The summed E-state index contributed by atoms with van der Waals surface area (Å²) in [6.07, 6.45) is 0. The van der Waals surface area contributed by atoms with E-state index in [9.17, 15) is 18.0 Å². The van der Waals surface area contributed by atoms with Crippen LogP contribution in [0.2, 0.25) is 0 Å². The van der Waals surface area contributed by atoms with Gasteiger partial charge in [0, 0.05) is 11.1 Å². The van der Waals surface area contributed by atoms with Crippen molar-refractivity contribution >= 4 is 21.8 Å². The van der Waals surface area contributed by atoms with Crippen molar-refractivity contribution in [3.8, 4) is 17.2 Å². The number of hydrogen-bond acceptors (Lipinski definition) is 9. The van der Waals surface area contributed by atoms with Gasteiger partial charge in [-0.2, -0.15) is 9.71 Å². The van der Waals surface area contributed by atoms with E-state index in [2.05, 4.69) is 14.9 Å². The van der Waals surface area contributed by atoms with Crippen molar-refractivity contribution in [3.05, 3.63) is 59.9 Å². The number of methoxy groups -OCH3 is 1. The van der Waals surface area contributed by atoms with E-state index in [1.807, 2.05) is 0 Å². The zero-order chi connectivity index (χ0) is 22.4. The fourth-order valence-electron chi connectivity index (χ4n) is 2.47. The lowest BCUT2D eigenvalue weighted by molar-refractivity contribution is -0.143. The van der Waals surface area contributed by atoms with Gasteiger partial charge in [-0.15, -0.1) is 0 Å². The molecule has 0 spiro atoms. The first-order valence-corrected chi connectivity index (χ1v) is 10.5. The van der Waals surface area contributed by atoms with Crippen LogP contribution in [0.1, 0.15) is 23.1 Å². The smallest absolute Gasteiger partial charge is 0.321 e. The number of aromatic nitrogens is 2. The average molecular weight is 445 g/mol. The van der Waals surface area contributed by atoms with E-state index in [0.717, 1.165) is 0 Å². The minimum absolute atomic E-state index is 0.0763. The number of ketones is 1. The zero-order valence-electron chi connectivity index (χ0n) is 16.7. The van der Waals surface area contributed by atoms with E-state index >= 15 is 0 Å². The number of esters is 1. The quantitative estimate of drug-likeness (QED) is 0.387. The van der Waals surface area contributed by atoms with Gasteiger partial charge in [0.15, 0.2) is 12.4 Å². The number of carbonyl (C=O) groups is 2. The van der Waals surface area contributed by atoms with Crippen LogP contribution in [0, 0.1) is 0 Å². The molecule has 0 unspecified atom stereocenters. The summed E-state index contributed by atoms with van der Waals surface area (Å²) in [5.41, 5.74) is 1.04. The summed E-state index contributed by atoms with van der Waals surface area (Å²) in [5.74, 6) is 0.0387. The lowest BCUT2D eigenvalue weighted by Gasteiger charge is -2.07. The molecule has 10 nitrogen and oxygen atoms in total. The van der Waals surface area contributed by atoms with Gasteiger partial charge < -0.3 is 14.0 Å². The zero-order valence-corrected chi connectivity index (χ0v) is 17.5. The molecular formula is C20H19N3O7S. The third-order valence-electron chi connectivity index (χ3n) is 4.14. The summed E-state index contributed by atoms with van der Waals surface area (Å²) in [5, 5.41) is 3.73. The summed E-state index contributed by atoms with van der Waals surface area (Å²) in [6, 6.07) is 12.3. The standard InChI is InChI=1S/C20H19N3O7S/c1-13(24)14-5-9-17(10-6-14)31(26,27)21-11-19(25)29-12-18-22-20(30-23-18)15-3-7-16(28-2)8-4-15/h3-10,21H,11-12H2,1-2H3. The molecule has 1 aromatic heterocycles. The molecule has 0 aliphatic carbocycles. The second-order valence-electron chi connectivity index (χ2n) is 6.31. The summed E-state index contributed by atoms with van der Waals surface area (Å²) < 4.78 is 41.8. The van der Waals surface area contributed by atoms with Crippen LogP contribution in [0.25, 0.3) is 11.5 Å². The molecule has 0 bridgehead atoms. The van der Waals surface area contributed by atoms with Crippen LogP contribution in [-0.2, 0) is 26.2 Å². The molecule has 0 aliphatic heterocycles. The number of hydrogen-bond donors (Lipinski definition) is 1. The lowest BCUT2D eigenvalue weighted by atomic mass is 10.2. The minimum atomic E-state index is -3.94. The SMILES string of the molecule is COc1ccc(-c2nc(COC(=O)CNS(=O)(=O)c3ccc(C(C)=O)cc3)no2)cc1. The van der Waals surface area contributed by atoms with E-state index < -0.39 is 22.5 Å². The van der Waals surface area contributed by atoms with E-state index in [-0.39, 0.29) is 29.0 Å². The molecule has 1 N–H and O–H groups in total. The number of nitrogens with one attached hydrogen (secondary N) is 1. The summed E-state index contributed by atoms with van der Waals surface area (Å²) in [4.78, 5) is 27.2. The third kappa shape index (κ3) is 5.74. The second kappa shape index (κ2) is 9.49. The Hall–Kier alpha value is -3.57. The van der Waals surface area contributed by atoms with E-state index in [1.165, 1.54) is 31.2 Å². The van der Waals surface area contributed by atoms with Crippen molar-refractivity contribution < 1.29 is 32.0 Å². The van der Waals surface area contributed by atoms with Crippen LogP contribution < -0.4 is 9.46 Å². The van der Waals surface area contributed by atoms with Gasteiger partial charge in [0.25, 0.3) is 5.89 Å². The molecule has 1 heterocycles. The Morgan fingerprint density at radius 3 is 2.35 bits per heavy atom. The van der Waals surface area contributed by atoms with Crippen LogP contribution in [-0.4, -0.2) is 44.0 Å². The Morgan fingerprint density at radius 1 is 1.06 bits per heavy atom. The van der Waals surface area contributed by atoms with Crippen LogP contribution in [0.15, 0.2) is 57.9 Å². The van der Waals surface area contributed by atoms with Crippen molar-refractivity contribution in [2.24, 2.45) is 0 Å². The van der Waals surface area contributed by atoms with Crippen molar-refractivity contribution in [2.75, 3.05) is 13.7 Å². The molecule has 162 valence electrons. The maximum Gasteiger partial charge on any atom is 0.321 e. The Balaban J connectivity index is 1.52. The first-order chi connectivity index (χ1) is 14.8. The number of rotatable bonds is 9. The Labute approximate surface area is 178 Å². The predicted molar refractivity (Wildman–Crippen MR) is 108 cm³/mol. The normalized spacial score (nSPS) is 11.2. The van der Waals surface area contributed by atoms with Gasteiger partial charge in [0.2, 0.25) is 15.8 Å². The van der Waals surface area contributed by atoms with Gasteiger partial charge in [-0.05, 0) is 43.3 Å². The second-order valence-corrected chi connectivity index (χ2v) is 8.08. The highest BCUT2D eigenvalue weighted by Gasteiger charge is 2.17. The first kappa shape index (κ1) is 22.1. The molecule has 0 atom stereocenters. The maximum atomic E-state index is 12.2. The number of sulfonamides is 1. The molecule has 2 aromatic carbocycles. The third-order valence-corrected chi connectivity index (χ3v) is 5.56. The van der Waals surface area contributed by atoms with Crippen LogP contribution in [0.3, 0.4) is 0 Å². The van der Waals surface area contributed by atoms with Gasteiger partial charge in [-0.25, -0.2) is 8.42 Å². The molecule has 11 heteroatoms. The monoisotopic (exact) mass is 445 g/mol. The van der Waals surface area contributed by atoms with Gasteiger partial charge in [0.05, 0.1) is 12.0 Å². The van der Waals surface area contributed by atoms with E-state index in [4.69, 9.17) is 14.0 Å². The molecule has 0 aliphatic rings. The van der Waals surface area contributed by atoms with Gasteiger partial charge in [0.1, 0.15) is 12.3 Å². The molecule has 0 radical (unpaired) electrons. The fraction of sp³-hybridized carbons (Fsp3) is 0.200. The number of ether oxygens (including phenoxy) is 2. The Kier molecular flexibility index (Phi) is 6.78. The molecule has 31 heavy (non-hydrogen) atoms. The van der Waals surface area contributed by atoms with Gasteiger partial charge >= 0.3 is 5.97 Å². The summed E-state index contributed by atoms with van der Waals surface area (Å²) >= 11 is 0. The van der Waals surface area contributed by atoms with Crippen molar-refractivity contribution in [1.82, 2.24) is 14.9 Å². The first-order valence-electron chi connectivity index (χ1n) is 9.02. The highest BCUT2D eigenvalue weighted by molar-refractivity contribution is 7.89. The van der Waals surface area contributed by atoms with Crippen LogP contribution in [0.4, 0.5) is 0 Å². The molecule has 0 saturated heterocycles. The fourth-order valence-corrected chi connectivity index (χ4v) is 3.43. The molecule has 0 fully saturated rings. The number of nitrogens with zero attached hydrogens (tertiary/aromatic N) is 2. The highest BCUT2D eigenvalue weighted by Crippen LogP contribution is 2.20. The molecule has 0 amide bonds. The van der Waals surface area contributed by atoms with Crippen molar-refractivity contribution in [2.45, 2.75) is 18.4 Å². The Bertz CT molecular complexity index is 1170. The van der Waals surface area contributed by atoms with E-state index in [1.54, 1.807) is 31.4 Å². The van der Waals surface area contributed by atoms with Crippen LogP contribution >= 0.6 is 0 Å². The van der Waals surface area contributed by atoms with Crippen molar-refractivity contribution in [1.29, 1.82) is 0 Å². The summed E-state index contributed by atoms with van der Waals surface area (Å²) in [7, 11) is -2.39. The molecule has 3 rings (SSSR count). The summed E-state index contributed by atoms with van der Waals surface area (Å²) in [6.45, 7) is 0.509. The largest absolute Gasteiger partial charge is 0.497 e. The van der Waals surface area contributed by atoms with E-state index in [0.29, 0.717) is 16.9 Å². The highest BCUT2D eigenvalue weighted by atomic mass is 32.2. The number of benzene rings is 2. The molecular weight excluding hydrogens is 426 g/mol. The number of carbonyl (C=O) groups excluding carboxylic acids is 2. The van der Waals surface area contributed by atoms with Crippen LogP contribution in [0.5, 0.6) is 5.75 Å². The number of Topliss-reactive ketones (excluding diaryl/α,β-unsaturated/α-hetero) is 1.